The first-order chi connectivity index (χ1) is 6.92. The number of rotatable bonds is 0. The van der Waals surface area contributed by atoms with Gasteiger partial charge >= 0.3 is 0 Å². The van der Waals surface area contributed by atoms with Gasteiger partial charge in [0.1, 0.15) is 5.78 Å². The Balaban J connectivity index is 2.20. The lowest BCUT2D eigenvalue weighted by Gasteiger charge is -2.36. The van der Waals surface area contributed by atoms with Crippen LogP contribution in [0.3, 0.4) is 0 Å². The van der Waals surface area contributed by atoms with Gasteiger partial charge in [-0.25, -0.2) is 0 Å². The third-order valence-corrected chi connectivity index (χ3v) is 5.41. The zero-order valence-electron chi connectivity index (χ0n) is 9.97. The fourth-order valence-electron chi connectivity index (χ4n) is 5.10. The minimum absolute atomic E-state index is 0.0729. The molecule has 82 valence electrons. The molecule has 0 bridgehead atoms. The molecule has 3 aliphatic rings. The summed E-state index contributed by atoms with van der Waals surface area (Å²) in [7, 11) is 0. The standard InChI is InChI=1S/C14H20O/c1-12(2)9-13(3)7-4-8-14(13)10(12)5-6-11(14)15/h4,8,10H,5-7,9H2,1-3H3/t10-,13-,14?/m0/s1. The summed E-state index contributed by atoms with van der Waals surface area (Å²) in [4.78, 5) is 12.3. The minimum atomic E-state index is -0.0729. The van der Waals surface area contributed by atoms with E-state index < -0.39 is 0 Å². The molecule has 3 atom stereocenters. The number of hydrogen-bond donors (Lipinski definition) is 0. The second-order valence-electron chi connectivity index (χ2n) is 6.72. The van der Waals surface area contributed by atoms with Crippen LogP contribution in [-0.2, 0) is 4.79 Å². The summed E-state index contributed by atoms with van der Waals surface area (Å²) in [5.41, 5.74) is 0.511. The van der Waals surface area contributed by atoms with E-state index in [1.165, 1.54) is 6.42 Å². The molecule has 0 aromatic heterocycles. The molecule has 0 N–H and O–H groups in total. The molecule has 15 heavy (non-hydrogen) atoms. The Morgan fingerprint density at radius 1 is 1.33 bits per heavy atom. The zero-order valence-corrected chi connectivity index (χ0v) is 9.97. The molecule has 0 heterocycles. The second kappa shape index (κ2) is 2.39. The third-order valence-electron chi connectivity index (χ3n) is 5.41. The minimum Gasteiger partial charge on any atom is -0.299 e. The lowest BCUT2D eigenvalue weighted by Crippen LogP contribution is -2.38. The molecule has 2 saturated carbocycles. The lowest BCUT2D eigenvalue weighted by atomic mass is 9.65. The van der Waals surface area contributed by atoms with Crippen LogP contribution in [-0.4, -0.2) is 5.78 Å². The van der Waals surface area contributed by atoms with E-state index in [0.29, 0.717) is 17.1 Å². The van der Waals surface area contributed by atoms with Gasteiger partial charge in [-0.3, -0.25) is 4.79 Å². The molecule has 3 rings (SSSR count). The van der Waals surface area contributed by atoms with Gasteiger partial charge in [-0.2, -0.15) is 0 Å². The molecule has 3 aliphatic carbocycles. The molecule has 0 amide bonds. The summed E-state index contributed by atoms with van der Waals surface area (Å²) in [6.45, 7) is 7.04. The Hall–Kier alpha value is -0.590. The van der Waals surface area contributed by atoms with Crippen LogP contribution >= 0.6 is 0 Å². The van der Waals surface area contributed by atoms with Crippen LogP contribution in [0.2, 0.25) is 0 Å². The maximum absolute atomic E-state index is 12.3. The maximum Gasteiger partial charge on any atom is 0.143 e. The quantitative estimate of drug-likeness (QED) is 0.553. The average molecular weight is 204 g/mol. The predicted octanol–water partition coefficient (Wildman–Crippen LogP) is 3.35. The highest BCUT2D eigenvalue weighted by Crippen LogP contribution is 2.72. The Morgan fingerprint density at radius 3 is 2.80 bits per heavy atom. The number of Topliss-reactive ketones (excluding diaryl/α,β-unsaturated/α-hetero) is 1. The monoisotopic (exact) mass is 204 g/mol. The molecular weight excluding hydrogens is 184 g/mol. The first-order valence-electron chi connectivity index (χ1n) is 6.13. The molecule has 0 aromatic carbocycles. The summed E-state index contributed by atoms with van der Waals surface area (Å²) in [6, 6.07) is 0. The van der Waals surface area contributed by atoms with Gasteiger partial charge in [-0.05, 0) is 36.0 Å². The van der Waals surface area contributed by atoms with Crippen molar-refractivity contribution in [1.82, 2.24) is 0 Å². The fraction of sp³-hybridized carbons (Fsp3) is 0.786. The van der Waals surface area contributed by atoms with E-state index in [0.717, 1.165) is 19.3 Å². The van der Waals surface area contributed by atoms with E-state index in [2.05, 4.69) is 32.9 Å². The molecule has 0 aromatic rings. The van der Waals surface area contributed by atoms with Crippen LogP contribution in [0.15, 0.2) is 12.2 Å². The van der Waals surface area contributed by atoms with Crippen molar-refractivity contribution >= 4 is 5.78 Å². The van der Waals surface area contributed by atoms with Gasteiger partial charge < -0.3 is 0 Å². The van der Waals surface area contributed by atoms with Gasteiger partial charge in [0.2, 0.25) is 0 Å². The van der Waals surface area contributed by atoms with Crippen molar-refractivity contribution in [2.24, 2.45) is 22.2 Å². The van der Waals surface area contributed by atoms with Crippen LogP contribution in [0.25, 0.3) is 0 Å². The smallest absolute Gasteiger partial charge is 0.143 e. The van der Waals surface area contributed by atoms with Crippen molar-refractivity contribution in [2.75, 3.05) is 0 Å². The van der Waals surface area contributed by atoms with Gasteiger partial charge in [-0.15, -0.1) is 0 Å². The Labute approximate surface area is 91.9 Å². The van der Waals surface area contributed by atoms with E-state index in [9.17, 15) is 4.79 Å². The molecule has 2 fully saturated rings. The van der Waals surface area contributed by atoms with Crippen molar-refractivity contribution < 1.29 is 4.79 Å². The van der Waals surface area contributed by atoms with Crippen LogP contribution < -0.4 is 0 Å². The first kappa shape index (κ1) is 9.62. The molecular formula is C14H20O. The van der Waals surface area contributed by atoms with Gasteiger partial charge in [0.25, 0.3) is 0 Å². The van der Waals surface area contributed by atoms with Crippen LogP contribution in [0.4, 0.5) is 0 Å². The van der Waals surface area contributed by atoms with E-state index >= 15 is 0 Å². The van der Waals surface area contributed by atoms with Crippen molar-refractivity contribution in [3.63, 3.8) is 0 Å². The highest BCUT2D eigenvalue weighted by atomic mass is 16.1. The predicted molar refractivity (Wildman–Crippen MR) is 60.4 cm³/mol. The van der Waals surface area contributed by atoms with E-state index in [4.69, 9.17) is 0 Å². The SMILES string of the molecule is CC1(C)C[C@]2(C)CC=CC23C(=O)CC[C@@H]13. The largest absolute Gasteiger partial charge is 0.299 e. The fourth-order valence-corrected chi connectivity index (χ4v) is 5.10. The van der Waals surface area contributed by atoms with E-state index in [1.54, 1.807) is 0 Å². The van der Waals surface area contributed by atoms with Gasteiger partial charge in [0.15, 0.2) is 0 Å². The summed E-state index contributed by atoms with van der Waals surface area (Å²) in [5.74, 6) is 1.12. The Bertz CT molecular complexity index is 366. The van der Waals surface area contributed by atoms with E-state index in [-0.39, 0.29) is 10.8 Å². The number of carbonyl (C=O) groups excluding carboxylic acids is 1. The number of hydrogen-bond acceptors (Lipinski definition) is 1. The second-order valence-corrected chi connectivity index (χ2v) is 6.72. The summed E-state index contributed by atoms with van der Waals surface area (Å²) < 4.78 is 0. The Morgan fingerprint density at radius 2 is 2.07 bits per heavy atom. The molecule has 0 radical (unpaired) electrons. The summed E-state index contributed by atoms with van der Waals surface area (Å²) in [5, 5.41) is 0. The normalized spacial score (nSPS) is 50.9. The van der Waals surface area contributed by atoms with Gasteiger partial charge in [0, 0.05) is 6.42 Å². The molecule has 1 unspecified atom stereocenters. The maximum atomic E-state index is 12.3. The molecule has 0 aliphatic heterocycles. The lowest BCUT2D eigenvalue weighted by molar-refractivity contribution is -0.128. The van der Waals surface area contributed by atoms with Crippen molar-refractivity contribution in [3.05, 3.63) is 12.2 Å². The Kier molecular flexibility index (Phi) is 1.53. The highest BCUT2D eigenvalue weighted by Gasteiger charge is 2.69. The summed E-state index contributed by atoms with van der Waals surface area (Å²) in [6.07, 6.45) is 8.77. The number of carbonyl (C=O) groups is 1. The topological polar surface area (TPSA) is 17.1 Å². The highest BCUT2D eigenvalue weighted by molar-refractivity contribution is 5.91. The summed E-state index contributed by atoms with van der Waals surface area (Å²) >= 11 is 0. The van der Waals surface area contributed by atoms with E-state index in [1.807, 2.05) is 0 Å². The van der Waals surface area contributed by atoms with Gasteiger partial charge in [0.05, 0.1) is 5.41 Å². The zero-order chi connectivity index (χ0) is 10.9. The average Bonchev–Trinajstić information content (AvgIpc) is 2.62. The van der Waals surface area contributed by atoms with Crippen molar-refractivity contribution in [3.8, 4) is 0 Å². The van der Waals surface area contributed by atoms with Crippen LogP contribution in [0, 0.1) is 22.2 Å². The molecule has 1 heteroatoms. The van der Waals surface area contributed by atoms with Crippen molar-refractivity contribution in [2.45, 2.75) is 46.5 Å². The third kappa shape index (κ3) is 0.847. The number of allylic oxidation sites excluding steroid dienone is 2. The molecule has 0 saturated heterocycles. The molecule has 1 nitrogen and oxygen atoms in total. The molecule has 1 spiro atoms. The first-order valence-corrected chi connectivity index (χ1v) is 6.13. The van der Waals surface area contributed by atoms with Gasteiger partial charge in [-0.1, -0.05) is 32.9 Å². The van der Waals surface area contributed by atoms with Crippen molar-refractivity contribution in [1.29, 1.82) is 0 Å². The van der Waals surface area contributed by atoms with Crippen LogP contribution in [0.1, 0.15) is 46.5 Å². The number of ketones is 1. The van der Waals surface area contributed by atoms with Crippen LogP contribution in [0.5, 0.6) is 0 Å².